The molecule has 1 aromatic heterocycles. The summed E-state index contributed by atoms with van der Waals surface area (Å²) in [7, 11) is 0. The Morgan fingerprint density at radius 2 is 2.05 bits per heavy atom. The van der Waals surface area contributed by atoms with E-state index in [1.807, 2.05) is 26.2 Å². The van der Waals surface area contributed by atoms with Crippen molar-refractivity contribution in [1.29, 1.82) is 0 Å². The van der Waals surface area contributed by atoms with Crippen LogP contribution in [-0.2, 0) is 14.9 Å². The molecule has 1 aliphatic rings. The largest absolute Gasteiger partial charge is 0.465 e. The van der Waals surface area contributed by atoms with Crippen molar-refractivity contribution in [2.24, 2.45) is 5.41 Å². The van der Waals surface area contributed by atoms with Gasteiger partial charge in [-0.2, -0.15) is 0 Å². The van der Waals surface area contributed by atoms with E-state index in [2.05, 4.69) is 13.8 Å². The van der Waals surface area contributed by atoms with Crippen LogP contribution in [0.15, 0.2) is 5.38 Å². The van der Waals surface area contributed by atoms with Crippen molar-refractivity contribution in [1.82, 2.24) is 4.98 Å². The van der Waals surface area contributed by atoms with E-state index in [1.54, 1.807) is 11.3 Å². The molecule has 0 spiro atoms. The van der Waals surface area contributed by atoms with Gasteiger partial charge in [0, 0.05) is 11.3 Å². The zero-order chi connectivity index (χ0) is 15.7. The van der Waals surface area contributed by atoms with E-state index < -0.39 is 5.41 Å². The quantitative estimate of drug-likeness (QED) is 0.759. The number of rotatable bonds is 4. The van der Waals surface area contributed by atoms with Crippen molar-refractivity contribution in [2.75, 3.05) is 6.61 Å². The molecular formula is C17H27NO2S. The third-order valence-electron chi connectivity index (χ3n) is 4.64. The lowest BCUT2D eigenvalue weighted by Crippen LogP contribution is -2.31. The second-order valence-electron chi connectivity index (χ2n) is 7.35. The molecule has 0 bridgehead atoms. The van der Waals surface area contributed by atoms with Crippen molar-refractivity contribution in [3.63, 3.8) is 0 Å². The fourth-order valence-corrected chi connectivity index (χ4v) is 3.98. The second kappa shape index (κ2) is 6.07. The van der Waals surface area contributed by atoms with Crippen molar-refractivity contribution in [2.45, 2.75) is 71.6 Å². The summed E-state index contributed by atoms with van der Waals surface area (Å²) in [6.45, 7) is 10.7. The third kappa shape index (κ3) is 3.65. The lowest BCUT2D eigenvalue weighted by molar-refractivity contribution is -0.148. The minimum atomic E-state index is -0.654. The normalized spacial score (nSPS) is 19.5. The first kappa shape index (κ1) is 16.5. The molecule has 0 atom stereocenters. The van der Waals surface area contributed by atoms with Gasteiger partial charge in [0.05, 0.1) is 17.3 Å². The van der Waals surface area contributed by atoms with E-state index in [0.29, 0.717) is 17.9 Å². The molecule has 0 aliphatic heterocycles. The van der Waals surface area contributed by atoms with E-state index in [9.17, 15) is 4.79 Å². The van der Waals surface area contributed by atoms with E-state index in [0.717, 1.165) is 5.69 Å². The highest BCUT2D eigenvalue weighted by atomic mass is 32.1. The van der Waals surface area contributed by atoms with Gasteiger partial charge >= 0.3 is 5.97 Å². The molecule has 0 N–H and O–H groups in total. The predicted molar refractivity (Wildman–Crippen MR) is 86.8 cm³/mol. The summed E-state index contributed by atoms with van der Waals surface area (Å²) in [5.41, 5.74) is 0.672. The van der Waals surface area contributed by atoms with Gasteiger partial charge in [-0.25, -0.2) is 4.98 Å². The maximum absolute atomic E-state index is 12.1. The Hall–Kier alpha value is -0.900. The number of esters is 1. The van der Waals surface area contributed by atoms with Gasteiger partial charge in [-0.05, 0) is 51.9 Å². The summed E-state index contributed by atoms with van der Waals surface area (Å²) in [6, 6.07) is 0. The second-order valence-corrected chi connectivity index (χ2v) is 8.24. The first-order chi connectivity index (χ1) is 9.76. The van der Waals surface area contributed by atoms with Gasteiger partial charge in [0.1, 0.15) is 5.41 Å². The minimum absolute atomic E-state index is 0.188. The molecule has 1 aromatic rings. The summed E-state index contributed by atoms with van der Waals surface area (Å²) in [4.78, 5) is 16.9. The maximum atomic E-state index is 12.1. The Labute approximate surface area is 132 Å². The van der Waals surface area contributed by atoms with Gasteiger partial charge in [-0.3, -0.25) is 4.79 Å². The molecule has 1 saturated carbocycles. The fourth-order valence-electron chi connectivity index (χ4n) is 2.82. The minimum Gasteiger partial charge on any atom is -0.465 e. The molecule has 1 aliphatic carbocycles. The van der Waals surface area contributed by atoms with Crippen LogP contribution in [0, 0.1) is 5.41 Å². The number of carbonyl (C=O) groups excluding carboxylic acids is 1. The van der Waals surface area contributed by atoms with Crippen LogP contribution in [0.1, 0.15) is 76.9 Å². The highest BCUT2D eigenvalue weighted by Crippen LogP contribution is 2.43. The van der Waals surface area contributed by atoms with E-state index in [4.69, 9.17) is 9.72 Å². The summed E-state index contributed by atoms with van der Waals surface area (Å²) in [5.74, 6) is 0.376. The predicted octanol–water partition coefficient (Wildman–Crippen LogP) is 4.67. The average molecular weight is 309 g/mol. The lowest BCUT2D eigenvalue weighted by atomic mass is 9.73. The molecule has 0 unspecified atom stereocenters. The van der Waals surface area contributed by atoms with Crippen LogP contribution in [-0.4, -0.2) is 17.6 Å². The summed E-state index contributed by atoms with van der Waals surface area (Å²) < 4.78 is 5.17. The highest BCUT2D eigenvalue weighted by molar-refractivity contribution is 7.09. The Balaban J connectivity index is 2.10. The monoisotopic (exact) mass is 309 g/mol. The van der Waals surface area contributed by atoms with Gasteiger partial charge in [0.2, 0.25) is 0 Å². The summed E-state index contributed by atoms with van der Waals surface area (Å²) >= 11 is 1.70. The van der Waals surface area contributed by atoms with Crippen LogP contribution in [0.4, 0.5) is 0 Å². The number of nitrogens with zero attached hydrogens (tertiary/aromatic N) is 1. The topological polar surface area (TPSA) is 39.2 Å². The molecule has 0 aromatic carbocycles. The van der Waals surface area contributed by atoms with Gasteiger partial charge in [0.15, 0.2) is 0 Å². The van der Waals surface area contributed by atoms with Gasteiger partial charge in [0.25, 0.3) is 0 Å². The zero-order valence-electron chi connectivity index (χ0n) is 13.9. The van der Waals surface area contributed by atoms with Crippen LogP contribution in [0.5, 0.6) is 0 Å². The van der Waals surface area contributed by atoms with Crippen molar-refractivity contribution in [3.05, 3.63) is 16.1 Å². The molecule has 21 heavy (non-hydrogen) atoms. The SMILES string of the molecule is CCOC(=O)C(C)(C)c1csc(C2CCC(C)(C)CC2)n1. The Morgan fingerprint density at radius 3 is 2.62 bits per heavy atom. The van der Waals surface area contributed by atoms with Crippen LogP contribution < -0.4 is 0 Å². The first-order valence-corrected chi connectivity index (χ1v) is 8.77. The molecule has 118 valence electrons. The average Bonchev–Trinajstić information content (AvgIpc) is 2.89. The van der Waals surface area contributed by atoms with Crippen LogP contribution in [0.25, 0.3) is 0 Å². The molecule has 4 heteroatoms. The molecule has 1 fully saturated rings. The maximum Gasteiger partial charge on any atom is 0.317 e. The van der Waals surface area contributed by atoms with Gasteiger partial charge in [-0.1, -0.05) is 13.8 Å². The van der Waals surface area contributed by atoms with Crippen molar-refractivity contribution in [3.8, 4) is 0 Å². The summed E-state index contributed by atoms with van der Waals surface area (Å²) in [5, 5.41) is 3.23. The molecule has 0 amide bonds. The number of hydrogen-bond donors (Lipinski definition) is 0. The number of carbonyl (C=O) groups is 1. The Bertz CT molecular complexity index is 495. The third-order valence-corrected chi connectivity index (χ3v) is 5.64. The Morgan fingerprint density at radius 1 is 1.43 bits per heavy atom. The summed E-state index contributed by atoms with van der Waals surface area (Å²) in [6.07, 6.45) is 4.93. The standard InChI is InChI=1S/C17H27NO2S/c1-6-20-15(19)17(4,5)13-11-21-14(18-13)12-7-9-16(2,3)10-8-12/h11-12H,6-10H2,1-5H3. The number of ether oxygens (including phenoxy) is 1. The van der Waals surface area contributed by atoms with Crippen LogP contribution in [0.3, 0.4) is 0 Å². The van der Waals surface area contributed by atoms with Crippen LogP contribution in [0.2, 0.25) is 0 Å². The first-order valence-electron chi connectivity index (χ1n) is 7.89. The van der Waals surface area contributed by atoms with E-state index >= 15 is 0 Å². The highest BCUT2D eigenvalue weighted by Gasteiger charge is 2.35. The van der Waals surface area contributed by atoms with E-state index in [1.165, 1.54) is 30.7 Å². The Kier molecular flexibility index (Phi) is 4.76. The number of hydrogen-bond acceptors (Lipinski definition) is 4. The fraction of sp³-hybridized carbons (Fsp3) is 0.765. The molecular weight excluding hydrogens is 282 g/mol. The zero-order valence-corrected chi connectivity index (χ0v) is 14.7. The number of thiazole rings is 1. The van der Waals surface area contributed by atoms with Crippen molar-refractivity contribution < 1.29 is 9.53 Å². The van der Waals surface area contributed by atoms with Gasteiger partial charge in [-0.15, -0.1) is 11.3 Å². The molecule has 0 radical (unpaired) electrons. The molecule has 0 saturated heterocycles. The molecule has 3 nitrogen and oxygen atoms in total. The smallest absolute Gasteiger partial charge is 0.317 e. The van der Waals surface area contributed by atoms with E-state index in [-0.39, 0.29) is 5.97 Å². The lowest BCUT2D eigenvalue weighted by Gasteiger charge is -2.33. The molecule has 1 heterocycles. The molecule has 2 rings (SSSR count). The van der Waals surface area contributed by atoms with Crippen molar-refractivity contribution >= 4 is 17.3 Å². The van der Waals surface area contributed by atoms with Crippen LogP contribution >= 0.6 is 11.3 Å². The number of aromatic nitrogens is 1. The van der Waals surface area contributed by atoms with Gasteiger partial charge < -0.3 is 4.74 Å².